The Hall–Kier alpha value is -2.32. The van der Waals surface area contributed by atoms with E-state index in [9.17, 15) is 19.2 Å². The number of piperidine rings is 1. The Balaban J connectivity index is 2.05. The van der Waals surface area contributed by atoms with E-state index in [1.807, 2.05) is 0 Å². The Morgan fingerprint density at radius 1 is 1.05 bits per heavy atom. The van der Waals surface area contributed by atoms with Crippen molar-refractivity contribution in [2.24, 2.45) is 0 Å². The summed E-state index contributed by atoms with van der Waals surface area (Å²) in [5, 5.41) is 10.1. The molecular formula is C13H21N5O4. The minimum absolute atomic E-state index is 0.128. The first-order valence-corrected chi connectivity index (χ1v) is 7.35. The van der Waals surface area contributed by atoms with Crippen LogP contribution in [-0.4, -0.2) is 66.9 Å². The zero-order valence-electron chi connectivity index (χ0n) is 12.5. The summed E-state index contributed by atoms with van der Waals surface area (Å²) in [6, 6.07) is -1.52. The van der Waals surface area contributed by atoms with Gasteiger partial charge in [-0.15, -0.1) is 0 Å². The molecule has 4 N–H and O–H groups in total. The van der Waals surface area contributed by atoms with Crippen LogP contribution in [0.4, 0.5) is 4.79 Å². The van der Waals surface area contributed by atoms with Gasteiger partial charge in [-0.2, -0.15) is 0 Å². The maximum absolute atomic E-state index is 12.1. The first-order chi connectivity index (χ1) is 10.5. The molecule has 2 unspecified atom stereocenters. The smallest absolute Gasteiger partial charge is 0.315 e. The summed E-state index contributed by atoms with van der Waals surface area (Å²) in [4.78, 5) is 48.9. The van der Waals surface area contributed by atoms with Gasteiger partial charge in [-0.25, -0.2) is 4.79 Å². The van der Waals surface area contributed by atoms with Gasteiger partial charge in [0.1, 0.15) is 6.04 Å². The summed E-state index contributed by atoms with van der Waals surface area (Å²) >= 11 is 0. The fraction of sp³-hybridized carbons (Fsp3) is 0.692. The van der Waals surface area contributed by atoms with E-state index in [1.165, 1.54) is 6.92 Å². The molecule has 0 spiro atoms. The van der Waals surface area contributed by atoms with E-state index < -0.39 is 18.0 Å². The molecule has 122 valence electrons. The van der Waals surface area contributed by atoms with E-state index in [0.29, 0.717) is 13.1 Å². The van der Waals surface area contributed by atoms with E-state index in [4.69, 9.17) is 0 Å². The van der Waals surface area contributed by atoms with Crippen LogP contribution in [0.25, 0.3) is 0 Å². The predicted octanol–water partition coefficient (Wildman–Crippen LogP) is -2.09. The van der Waals surface area contributed by atoms with Crippen LogP contribution in [0.3, 0.4) is 0 Å². The molecule has 2 rings (SSSR count). The highest BCUT2D eigenvalue weighted by Crippen LogP contribution is 2.10. The third kappa shape index (κ3) is 4.34. The number of carbonyl (C=O) groups excluding carboxylic acids is 4. The predicted molar refractivity (Wildman–Crippen MR) is 76.8 cm³/mol. The molecule has 0 aliphatic carbocycles. The third-order valence-corrected chi connectivity index (χ3v) is 3.70. The maximum atomic E-state index is 12.1. The van der Waals surface area contributed by atoms with Gasteiger partial charge in [0, 0.05) is 19.1 Å². The molecule has 0 aromatic carbocycles. The van der Waals surface area contributed by atoms with Crippen molar-refractivity contribution in [2.75, 3.05) is 26.2 Å². The minimum atomic E-state index is -0.800. The maximum Gasteiger partial charge on any atom is 0.315 e. The first kappa shape index (κ1) is 16.1. The van der Waals surface area contributed by atoms with Crippen molar-refractivity contribution in [3.63, 3.8) is 0 Å². The van der Waals surface area contributed by atoms with E-state index in [2.05, 4.69) is 21.3 Å². The molecular weight excluding hydrogens is 290 g/mol. The highest BCUT2D eigenvalue weighted by molar-refractivity contribution is 5.91. The summed E-state index contributed by atoms with van der Waals surface area (Å²) < 4.78 is 0. The van der Waals surface area contributed by atoms with Crippen LogP contribution >= 0.6 is 0 Å². The molecule has 2 bridgehead atoms. The summed E-state index contributed by atoms with van der Waals surface area (Å²) in [5.74, 6) is -0.969. The summed E-state index contributed by atoms with van der Waals surface area (Å²) in [7, 11) is 0. The Labute approximate surface area is 128 Å². The molecule has 2 atom stereocenters. The summed E-state index contributed by atoms with van der Waals surface area (Å²) in [6.07, 6.45) is 1.57. The lowest BCUT2D eigenvalue weighted by Crippen LogP contribution is -2.56. The summed E-state index contributed by atoms with van der Waals surface area (Å²) in [5.41, 5.74) is 0. The molecule has 2 fully saturated rings. The van der Waals surface area contributed by atoms with Gasteiger partial charge in [0.2, 0.25) is 17.7 Å². The molecule has 5 amide bonds. The Morgan fingerprint density at radius 2 is 1.82 bits per heavy atom. The Bertz CT molecular complexity index is 481. The quantitative estimate of drug-likeness (QED) is 0.410. The fourth-order valence-electron chi connectivity index (χ4n) is 2.50. The van der Waals surface area contributed by atoms with Crippen molar-refractivity contribution in [3.05, 3.63) is 0 Å². The molecule has 2 heterocycles. The van der Waals surface area contributed by atoms with Gasteiger partial charge < -0.3 is 26.2 Å². The zero-order valence-corrected chi connectivity index (χ0v) is 12.5. The monoisotopic (exact) mass is 311 g/mol. The van der Waals surface area contributed by atoms with Crippen molar-refractivity contribution in [1.82, 2.24) is 26.2 Å². The lowest BCUT2D eigenvalue weighted by Gasteiger charge is -2.33. The lowest BCUT2D eigenvalue weighted by molar-refractivity contribution is -0.132. The second-order valence-corrected chi connectivity index (χ2v) is 5.51. The van der Waals surface area contributed by atoms with Gasteiger partial charge in [-0.3, -0.25) is 14.4 Å². The van der Waals surface area contributed by atoms with Crippen molar-refractivity contribution in [3.8, 4) is 0 Å². The topological polar surface area (TPSA) is 120 Å². The number of fused-ring (bicyclic) bond motifs is 2. The van der Waals surface area contributed by atoms with Crippen LogP contribution in [0.2, 0.25) is 0 Å². The number of hydrogen-bond donors (Lipinski definition) is 4. The average Bonchev–Trinajstić information content (AvgIpc) is 2.49. The Morgan fingerprint density at radius 3 is 2.59 bits per heavy atom. The highest BCUT2D eigenvalue weighted by Gasteiger charge is 2.26. The number of carbonyl (C=O) groups is 4. The first-order valence-electron chi connectivity index (χ1n) is 7.35. The van der Waals surface area contributed by atoms with Crippen LogP contribution in [0.15, 0.2) is 0 Å². The van der Waals surface area contributed by atoms with Crippen LogP contribution in [0.1, 0.15) is 19.8 Å². The molecule has 2 aliphatic heterocycles. The highest BCUT2D eigenvalue weighted by atomic mass is 16.2. The molecule has 2 aliphatic rings. The average molecular weight is 311 g/mol. The second kappa shape index (κ2) is 7.10. The van der Waals surface area contributed by atoms with Crippen molar-refractivity contribution >= 4 is 23.8 Å². The number of rotatable bonds is 0. The van der Waals surface area contributed by atoms with Crippen LogP contribution in [-0.2, 0) is 14.4 Å². The van der Waals surface area contributed by atoms with Gasteiger partial charge in [-0.05, 0) is 19.8 Å². The van der Waals surface area contributed by atoms with Crippen molar-refractivity contribution < 1.29 is 19.2 Å². The van der Waals surface area contributed by atoms with Gasteiger partial charge >= 0.3 is 6.03 Å². The number of urea groups is 1. The molecule has 9 heteroatoms. The number of hydrogen-bond acceptors (Lipinski definition) is 4. The number of nitrogens with one attached hydrogen (secondary N) is 4. The van der Waals surface area contributed by atoms with E-state index in [1.54, 1.807) is 4.90 Å². The minimum Gasteiger partial charge on any atom is -0.350 e. The van der Waals surface area contributed by atoms with Gasteiger partial charge in [0.25, 0.3) is 0 Å². The van der Waals surface area contributed by atoms with Crippen molar-refractivity contribution in [2.45, 2.75) is 31.8 Å². The van der Waals surface area contributed by atoms with Crippen LogP contribution < -0.4 is 21.3 Å². The molecule has 9 nitrogen and oxygen atoms in total. The van der Waals surface area contributed by atoms with E-state index in [0.717, 1.165) is 12.8 Å². The van der Waals surface area contributed by atoms with Crippen LogP contribution in [0, 0.1) is 0 Å². The number of amides is 5. The molecule has 0 radical (unpaired) electrons. The van der Waals surface area contributed by atoms with Gasteiger partial charge in [0.15, 0.2) is 0 Å². The SMILES string of the molecule is CC1NC(=O)NCC(=O)N2CCCC(C2)NC(=O)CNC1=O. The number of nitrogens with zero attached hydrogens (tertiary/aromatic N) is 1. The molecule has 0 aromatic heterocycles. The van der Waals surface area contributed by atoms with E-state index >= 15 is 0 Å². The lowest BCUT2D eigenvalue weighted by atomic mass is 10.1. The summed E-state index contributed by atoms with van der Waals surface area (Å²) in [6.45, 7) is 2.23. The standard InChI is InChI=1S/C13H21N5O4/c1-8-12(21)14-5-10(19)17-9-3-2-4-18(7-9)11(20)6-15-13(22)16-8/h8-9H,2-7H2,1H3,(H,14,21)(H,17,19)(H2,15,16,22). The molecule has 0 saturated carbocycles. The van der Waals surface area contributed by atoms with E-state index in [-0.39, 0.29) is 30.9 Å². The van der Waals surface area contributed by atoms with Gasteiger partial charge in [-0.1, -0.05) is 0 Å². The second-order valence-electron chi connectivity index (χ2n) is 5.51. The third-order valence-electron chi connectivity index (χ3n) is 3.70. The largest absolute Gasteiger partial charge is 0.350 e. The normalized spacial score (nSPS) is 28.0. The van der Waals surface area contributed by atoms with Crippen molar-refractivity contribution in [1.29, 1.82) is 0 Å². The fourth-order valence-corrected chi connectivity index (χ4v) is 2.50. The molecule has 22 heavy (non-hydrogen) atoms. The van der Waals surface area contributed by atoms with Gasteiger partial charge in [0.05, 0.1) is 13.1 Å². The Kier molecular flexibility index (Phi) is 5.18. The molecule has 2 saturated heterocycles. The zero-order chi connectivity index (χ0) is 16.1. The van der Waals surface area contributed by atoms with Crippen LogP contribution in [0.5, 0.6) is 0 Å². The molecule has 0 aromatic rings.